The standard InChI is InChI=1S/C28H36F3N3O3/c1-32(2)27(23-8-5-4-6-9-23)16-14-26(15-17-27)21-33(20-22-10-12-24(36-3)13-11-22)25(35)34(26)18-7-19-37-28(29,30)31/h4-6,8-13H,7,14-21H2,1-3H3/t26-,27-. The first-order chi connectivity index (χ1) is 17.6. The molecule has 2 aromatic rings. The Kier molecular flexibility index (Phi) is 8.04. The predicted molar refractivity (Wildman–Crippen MR) is 135 cm³/mol. The third-order valence-electron chi connectivity index (χ3n) is 8.06. The maximum absolute atomic E-state index is 13.6. The summed E-state index contributed by atoms with van der Waals surface area (Å²) in [4.78, 5) is 19.5. The van der Waals surface area contributed by atoms with Crippen LogP contribution in [0, 0.1) is 0 Å². The summed E-state index contributed by atoms with van der Waals surface area (Å²) in [5, 5.41) is 0. The van der Waals surface area contributed by atoms with Gasteiger partial charge in [-0.25, -0.2) is 4.79 Å². The zero-order valence-corrected chi connectivity index (χ0v) is 21.8. The summed E-state index contributed by atoms with van der Waals surface area (Å²) >= 11 is 0. The highest BCUT2D eigenvalue weighted by atomic mass is 19.4. The molecule has 4 rings (SSSR count). The first kappa shape index (κ1) is 27.3. The van der Waals surface area contributed by atoms with Crippen molar-refractivity contribution in [2.75, 3.05) is 40.9 Å². The van der Waals surface area contributed by atoms with E-state index in [1.807, 2.05) is 52.3 Å². The van der Waals surface area contributed by atoms with Crippen molar-refractivity contribution in [3.8, 4) is 5.75 Å². The maximum Gasteiger partial charge on any atom is 0.522 e. The van der Waals surface area contributed by atoms with Gasteiger partial charge in [0.2, 0.25) is 0 Å². The minimum atomic E-state index is -4.67. The Hall–Kier alpha value is -2.78. The highest BCUT2D eigenvalue weighted by Gasteiger charge is 2.54. The van der Waals surface area contributed by atoms with Crippen LogP contribution in [0.15, 0.2) is 54.6 Å². The van der Waals surface area contributed by atoms with Gasteiger partial charge in [0, 0.05) is 25.2 Å². The van der Waals surface area contributed by atoms with Crippen molar-refractivity contribution < 1.29 is 27.4 Å². The number of hydrogen-bond acceptors (Lipinski definition) is 4. The normalized spacial score (nSPS) is 24.4. The van der Waals surface area contributed by atoms with Gasteiger partial charge in [0.15, 0.2) is 0 Å². The predicted octanol–water partition coefficient (Wildman–Crippen LogP) is 5.63. The second kappa shape index (κ2) is 10.9. The van der Waals surface area contributed by atoms with Crippen LogP contribution in [0.25, 0.3) is 0 Å². The molecule has 2 fully saturated rings. The first-order valence-electron chi connectivity index (χ1n) is 12.7. The minimum absolute atomic E-state index is 0.125. The maximum atomic E-state index is 13.6. The molecule has 1 heterocycles. The van der Waals surface area contributed by atoms with E-state index >= 15 is 0 Å². The van der Waals surface area contributed by atoms with E-state index in [0.29, 0.717) is 13.1 Å². The van der Waals surface area contributed by atoms with Crippen molar-refractivity contribution in [3.05, 3.63) is 65.7 Å². The van der Waals surface area contributed by atoms with Crippen molar-refractivity contribution in [2.24, 2.45) is 0 Å². The number of carbonyl (C=O) groups is 1. The van der Waals surface area contributed by atoms with E-state index in [2.05, 4.69) is 35.9 Å². The van der Waals surface area contributed by atoms with Crippen LogP contribution in [0.2, 0.25) is 0 Å². The van der Waals surface area contributed by atoms with Crippen LogP contribution in [0.4, 0.5) is 18.0 Å². The van der Waals surface area contributed by atoms with E-state index in [0.717, 1.165) is 37.0 Å². The number of amides is 2. The molecule has 0 N–H and O–H groups in total. The van der Waals surface area contributed by atoms with Gasteiger partial charge in [-0.2, -0.15) is 0 Å². The molecule has 2 aromatic carbocycles. The number of halogens is 3. The molecule has 1 spiro atoms. The lowest BCUT2D eigenvalue weighted by Gasteiger charge is -2.51. The van der Waals surface area contributed by atoms with Crippen molar-refractivity contribution in [3.63, 3.8) is 0 Å². The molecule has 6 nitrogen and oxygen atoms in total. The van der Waals surface area contributed by atoms with E-state index in [-0.39, 0.29) is 24.5 Å². The van der Waals surface area contributed by atoms with Crippen molar-refractivity contribution >= 4 is 6.03 Å². The SMILES string of the molecule is COc1ccc(CN2C[C@]3(CC[C@@](c4ccccc4)(N(C)C)CC3)N(CCCOC(F)(F)F)C2=O)cc1. The number of ether oxygens (including phenoxy) is 2. The second-order valence-corrected chi connectivity index (χ2v) is 10.3. The summed E-state index contributed by atoms with van der Waals surface area (Å²) in [5.41, 5.74) is 1.66. The van der Waals surface area contributed by atoms with Gasteiger partial charge in [-0.1, -0.05) is 42.5 Å². The number of hydrogen-bond donors (Lipinski definition) is 0. The molecule has 0 radical (unpaired) electrons. The van der Waals surface area contributed by atoms with Gasteiger partial charge in [-0.15, -0.1) is 13.2 Å². The Labute approximate surface area is 216 Å². The molecule has 2 amide bonds. The number of urea groups is 1. The molecule has 1 aliphatic carbocycles. The molecule has 0 atom stereocenters. The number of methoxy groups -OCH3 is 1. The number of rotatable bonds is 9. The Morgan fingerprint density at radius 2 is 1.62 bits per heavy atom. The van der Waals surface area contributed by atoms with E-state index in [1.54, 1.807) is 7.11 Å². The Bertz CT molecular complexity index is 1040. The fourth-order valence-electron chi connectivity index (χ4n) is 6.00. The molecule has 1 saturated carbocycles. The Balaban J connectivity index is 1.54. The summed E-state index contributed by atoms with van der Waals surface area (Å²) < 4.78 is 46.8. The van der Waals surface area contributed by atoms with Crippen LogP contribution < -0.4 is 4.74 Å². The topological polar surface area (TPSA) is 45.2 Å². The lowest BCUT2D eigenvalue weighted by atomic mass is 9.68. The summed E-state index contributed by atoms with van der Waals surface area (Å²) in [6.07, 6.45) is -1.30. The first-order valence-corrected chi connectivity index (χ1v) is 12.7. The monoisotopic (exact) mass is 519 g/mol. The molecule has 1 aliphatic heterocycles. The third kappa shape index (κ3) is 5.88. The van der Waals surface area contributed by atoms with E-state index in [4.69, 9.17) is 4.74 Å². The van der Waals surface area contributed by atoms with Gasteiger partial charge < -0.3 is 14.5 Å². The third-order valence-corrected chi connectivity index (χ3v) is 8.06. The highest BCUT2D eigenvalue weighted by Crippen LogP contribution is 2.49. The number of carbonyl (C=O) groups excluding carboxylic acids is 1. The van der Waals surface area contributed by atoms with Crippen LogP contribution in [0.1, 0.15) is 43.2 Å². The largest absolute Gasteiger partial charge is 0.522 e. The zero-order valence-electron chi connectivity index (χ0n) is 21.8. The highest BCUT2D eigenvalue weighted by molar-refractivity contribution is 5.78. The zero-order chi connectivity index (χ0) is 26.7. The summed E-state index contributed by atoms with van der Waals surface area (Å²) in [6.45, 7) is 0.760. The lowest BCUT2D eigenvalue weighted by Crippen LogP contribution is -2.55. The van der Waals surface area contributed by atoms with Gasteiger partial charge in [0.05, 0.1) is 19.3 Å². The number of benzene rings is 2. The lowest BCUT2D eigenvalue weighted by molar-refractivity contribution is -0.324. The number of nitrogens with zero attached hydrogens (tertiary/aromatic N) is 3. The van der Waals surface area contributed by atoms with Gasteiger partial charge in [0.25, 0.3) is 0 Å². The van der Waals surface area contributed by atoms with E-state index < -0.39 is 18.5 Å². The van der Waals surface area contributed by atoms with Gasteiger partial charge >= 0.3 is 12.4 Å². The Morgan fingerprint density at radius 1 is 0.973 bits per heavy atom. The van der Waals surface area contributed by atoms with E-state index in [9.17, 15) is 18.0 Å². The summed E-state index contributed by atoms with van der Waals surface area (Å²) in [7, 11) is 5.79. The van der Waals surface area contributed by atoms with Crippen LogP contribution in [0.5, 0.6) is 5.75 Å². The fourth-order valence-corrected chi connectivity index (χ4v) is 6.00. The summed E-state index contributed by atoms with van der Waals surface area (Å²) in [5.74, 6) is 0.743. The molecule has 37 heavy (non-hydrogen) atoms. The molecule has 0 aromatic heterocycles. The van der Waals surface area contributed by atoms with Gasteiger partial charge in [-0.3, -0.25) is 9.64 Å². The molecular formula is C28H36F3N3O3. The van der Waals surface area contributed by atoms with Crippen LogP contribution in [0.3, 0.4) is 0 Å². The Morgan fingerprint density at radius 3 is 2.19 bits per heavy atom. The molecular weight excluding hydrogens is 483 g/mol. The number of alkyl halides is 3. The van der Waals surface area contributed by atoms with Crippen molar-refractivity contribution in [1.82, 2.24) is 14.7 Å². The minimum Gasteiger partial charge on any atom is -0.497 e. The van der Waals surface area contributed by atoms with Gasteiger partial charge in [0.1, 0.15) is 5.75 Å². The molecule has 0 bridgehead atoms. The molecule has 202 valence electrons. The second-order valence-electron chi connectivity index (χ2n) is 10.3. The summed E-state index contributed by atoms with van der Waals surface area (Å²) in [6, 6.07) is 17.9. The molecule has 0 unspecified atom stereocenters. The van der Waals surface area contributed by atoms with Crippen molar-refractivity contribution in [1.29, 1.82) is 0 Å². The van der Waals surface area contributed by atoms with Crippen molar-refractivity contribution in [2.45, 2.75) is 56.1 Å². The van der Waals surface area contributed by atoms with Crippen LogP contribution >= 0.6 is 0 Å². The molecule has 2 aliphatic rings. The van der Waals surface area contributed by atoms with E-state index in [1.165, 1.54) is 5.56 Å². The van der Waals surface area contributed by atoms with Gasteiger partial charge in [-0.05, 0) is 69.5 Å². The average Bonchev–Trinajstić information content (AvgIpc) is 3.12. The average molecular weight is 520 g/mol. The fraction of sp³-hybridized carbons (Fsp3) is 0.536. The quantitative estimate of drug-likeness (QED) is 0.403. The van der Waals surface area contributed by atoms with Crippen LogP contribution in [-0.4, -0.2) is 73.5 Å². The smallest absolute Gasteiger partial charge is 0.497 e. The molecule has 1 saturated heterocycles. The van der Waals surface area contributed by atoms with Crippen LogP contribution in [-0.2, 0) is 16.8 Å². The molecule has 9 heteroatoms.